The van der Waals surface area contributed by atoms with Crippen molar-refractivity contribution in [2.24, 2.45) is 0 Å². The molecule has 0 aromatic heterocycles. The summed E-state index contributed by atoms with van der Waals surface area (Å²) in [6, 6.07) is 14.8. The van der Waals surface area contributed by atoms with Crippen LogP contribution in [0.4, 0.5) is 5.69 Å². The van der Waals surface area contributed by atoms with E-state index in [1.807, 2.05) is 36.4 Å². The fourth-order valence-electron chi connectivity index (χ4n) is 1.54. The van der Waals surface area contributed by atoms with Crippen molar-refractivity contribution >= 4 is 34.2 Å². The third-order valence-electron chi connectivity index (χ3n) is 2.45. The zero-order chi connectivity index (χ0) is 13.0. The molecule has 0 radical (unpaired) electrons. The van der Waals surface area contributed by atoms with E-state index in [4.69, 9.17) is 4.74 Å². The minimum atomic E-state index is -0.117. The van der Waals surface area contributed by atoms with Crippen molar-refractivity contribution < 1.29 is 9.53 Å². The summed E-state index contributed by atoms with van der Waals surface area (Å²) in [7, 11) is 1.60. The van der Waals surface area contributed by atoms with Gasteiger partial charge in [-0.2, -0.15) is 0 Å². The summed E-state index contributed by atoms with van der Waals surface area (Å²) in [4.78, 5) is 12.1. The van der Waals surface area contributed by atoms with Crippen molar-refractivity contribution in [2.45, 2.75) is 0 Å². The van der Waals surface area contributed by atoms with E-state index in [0.717, 1.165) is 15.0 Å². The van der Waals surface area contributed by atoms with Gasteiger partial charge in [0.2, 0.25) is 0 Å². The maximum Gasteiger partial charge on any atom is 0.256 e. The number of nitrogens with one attached hydrogen (secondary N) is 1. The zero-order valence-corrected chi connectivity index (χ0v) is 12.0. The van der Waals surface area contributed by atoms with Crippen LogP contribution < -0.4 is 10.1 Å². The van der Waals surface area contributed by atoms with Gasteiger partial charge in [-0.05, 0) is 46.9 Å². The Labute approximate surface area is 119 Å². The average molecular weight is 353 g/mol. The highest BCUT2D eigenvalue weighted by Crippen LogP contribution is 2.18. The molecule has 2 aromatic rings. The van der Waals surface area contributed by atoms with Gasteiger partial charge in [0.25, 0.3) is 5.91 Å². The maximum atomic E-state index is 12.1. The molecule has 0 unspecified atom stereocenters. The highest BCUT2D eigenvalue weighted by atomic mass is 127. The smallest absolute Gasteiger partial charge is 0.256 e. The summed E-state index contributed by atoms with van der Waals surface area (Å²) in [6.07, 6.45) is 0. The van der Waals surface area contributed by atoms with Crippen LogP contribution in [0.15, 0.2) is 48.5 Å². The third-order valence-corrected chi connectivity index (χ3v) is 3.39. The predicted molar refractivity (Wildman–Crippen MR) is 80.1 cm³/mol. The highest BCUT2D eigenvalue weighted by Gasteiger charge is 2.09. The molecule has 3 nitrogen and oxygen atoms in total. The summed E-state index contributed by atoms with van der Waals surface area (Å²) in [6.45, 7) is 0. The lowest BCUT2D eigenvalue weighted by Gasteiger charge is -2.08. The molecule has 0 spiro atoms. The number of anilines is 1. The summed E-state index contributed by atoms with van der Waals surface area (Å²) >= 11 is 2.15. The van der Waals surface area contributed by atoms with Gasteiger partial charge in [-0.25, -0.2) is 0 Å². The summed E-state index contributed by atoms with van der Waals surface area (Å²) < 4.78 is 6.04. The molecule has 0 atom stereocenters. The Morgan fingerprint density at radius 3 is 2.67 bits per heavy atom. The minimum absolute atomic E-state index is 0.117. The van der Waals surface area contributed by atoms with Gasteiger partial charge in [0.15, 0.2) is 0 Å². The Morgan fingerprint density at radius 1 is 1.17 bits per heavy atom. The molecule has 0 heterocycles. The van der Waals surface area contributed by atoms with Gasteiger partial charge in [-0.1, -0.05) is 18.2 Å². The Bertz CT molecular complexity index is 569. The SMILES string of the molecule is COc1cccc(NC(=O)c2ccccc2I)c1. The second kappa shape index (κ2) is 5.86. The van der Waals surface area contributed by atoms with E-state index in [-0.39, 0.29) is 5.91 Å². The number of carbonyl (C=O) groups excluding carboxylic acids is 1. The average Bonchev–Trinajstić information content (AvgIpc) is 2.39. The molecule has 0 bridgehead atoms. The Hall–Kier alpha value is -1.56. The monoisotopic (exact) mass is 353 g/mol. The van der Waals surface area contributed by atoms with Crippen molar-refractivity contribution in [1.82, 2.24) is 0 Å². The first kappa shape index (κ1) is 12.9. The normalized spacial score (nSPS) is 9.89. The Balaban J connectivity index is 2.19. The lowest BCUT2D eigenvalue weighted by atomic mass is 10.2. The molecule has 1 N–H and O–H groups in total. The van der Waals surface area contributed by atoms with Crippen LogP contribution in [-0.2, 0) is 0 Å². The Morgan fingerprint density at radius 2 is 1.94 bits per heavy atom. The molecule has 0 fully saturated rings. The summed E-state index contributed by atoms with van der Waals surface area (Å²) in [5, 5.41) is 2.85. The molecule has 18 heavy (non-hydrogen) atoms. The van der Waals surface area contributed by atoms with E-state index in [2.05, 4.69) is 27.9 Å². The van der Waals surface area contributed by atoms with Crippen molar-refractivity contribution in [2.75, 3.05) is 12.4 Å². The van der Waals surface area contributed by atoms with Crippen molar-refractivity contribution in [3.8, 4) is 5.75 Å². The molecule has 0 aliphatic carbocycles. The molecular formula is C14H12INO2. The van der Waals surface area contributed by atoms with Crippen LogP contribution in [0.2, 0.25) is 0 Å². The van der Waals surface area contributed by atoms with Crippen LogP contribution >= 0.6 is 22.6 Å². The number of hydrogen-bond acceptors (Lipinski definition) is 2. The van der Waals surface area contributed by atoms with E-state index in [1.54, 1.807) is 19.2 Å². The summed E-state index contributed by atoms with van der Waals surface area (Å²) in [5.74, 6) is 0.601. The molecule has 0 saturated carbocycles. The molecular weight excluding hydrogens is 341 g/mol. The first-order chi connectivity index (χ1) is 8.70. The van der Waals surface area contributed by atoms with Gasteiger partial charge in [0.1, 0.15) is 5.75 Å². The topological polar surface area (TPSA) is 38.3 Å². The highest BCUT2D eigenvalue weighted by molar-refractivity contribution is 14.1. The number of amides is 1. The van der Waals surface area contributed by atoms with Crippen molar-refractivity contribution in [3.05, 3.63) is 57.7 Å². The van der Waals surface area contributed by atoms with Crippen LogP contribution in [-0.4, -0.2) is 13.0 Å². The minimum Gasteiger partial charge on any atom is -0.497 e. The molecule has 2 rings (SSSR count). The maximum absolute atomic E-state index is 12.1. The fraction of sp³-hybridized carbons (Fsp3) is 0.0714. The standard InChI is InChI=1S/C14H12INO2/c1-18-11-6-4-5-10(9-11)16-14(17)12-7-2-3-8-13(12)15/h2-9H,1H3,(H,16,17). The molecule has 0 aliphatic heterocycles. The number of carbonyl (C=O) groups is 1. The van der Waals surface area contributed by atoms with Crippen molar-refractivity contribution in [3.63, 3.8) is 0 Å². The predicted octanol–water partition coefficient (Wildman–Crippen LogP) is 3.55. The second-order valence-electron chi connectivity index (χ2n) is 3.67. The van der Waals surface area contributed by atoms with Gasteiger partial charge < -0.3 is 10.1 Å². The first-order valence-electron chi connectivity index (χ1n) is 5.40. The van der Waals surface area contributed by atoms with Gasteiger partial charge in [-0.15, -0.1) is 0 Å². The van der Waals surface area contributed by atoms with E-state index in [9.17, 15) is 4.79 Å². The van der Waals surface area contributed by atoms with E-state index < -0.39 is 0 Å². The number of ether oxygens (including phenoxy) is 1. The van der Waals surface area contributed by atoms with Gasteiger partial charge >= 0.3 is 0 Å². The third kappa shape index (κ3) is 3.01. The number of methoxy groups -OCH3 is 1. The number of hydrogen-bond donors (Lipinski definition) is 1. The molecule has 0 aliphatic rings. The fourth-order valence-corrected chi connectivity index (χ4v) is 2.18. The molecule has 92 valence electrons. The molecule has 4 heteroatoms. The van der Waals surface area contributed by atoms with Crippen LogP contribution in [0.5, 0.6) is 5.75 Å². The summed E-state index contributed by atoms with van der Waals surface area (Å²) in [5.41, 5.74) is 1.39. The van der Waals surface area contributed by atoms with E-state index in [1.165, 1.54) is 0 Å². The van der Waals surface area contributed by atoms with Crippen LogP contribution in [0.1, 0.15) is 10.4 Å². The number of halogens is 1. The second-order valence-corrected chi connectivity index (χ2v) is 4.83. The largest absolute Gasteiger partial charge is 0.497 e. The lowest BCUT2D eigenvalue weighted by Crippen LogP contribution is -2.13. The Kier molecular flexibility index (Phi) is 4.19. The zero-order valence-electron chi connectivity index (χ0n) is 9.81. The molecule has 1 amide bonds. The van der Waals surface area contributed by atoms with Crippen LogP contribution in [0, 0.1) is 3.57 Å². The van der Waals surface area contributed by atoms with E-state index in [0.29, 0.717) is 5.56 Å². The van der Waals surface area contributed by atoms with Crippen molar-refractivity contribution in [1.29, 1.82) is 0 Å². The lowest BCUT2D eigenvalue weighted by molar-refractivity contribution is 0.102. The number of rotatable bonds is 3. The first-order valence-corrected chi connectivity index (χ1v) is 6.48. The van der Waals surface area contributed by atoms with Crippen LogP contribution in [0.3, 0.4) is 0 Å². The van der Waals surface area contributed by atoms with Crippen LogP contribution in [0.25, 0.3) is 0 Å². The van der Waals surface area contributed by atoms with E-state index >= 15 is 0 Å². The number of benzene rings is 2. The molecule has 0 saturated heterocycles. The molecule has 2 aromatic carbocycles. The quantitative estimate of drug-likeness (QED) is 0.857. The van der Waals surface area contributed by atoms with Gasteiger partial charge in [0.05, 0.1) is 12.7 Å². The van der Waals surface area contributed by atoms with Gasteiger partial charge in [0, 0.05) is 15.3 Å². The van der Waals surface area contributed by atoms with Gasteiger partial charge in [-0.3, -0.25) is 4.79 Å².